The number of rotatable bonds is 3. The number of amides is 1. The van der Waals surface area contributed by atoms with Crippen LogP contribution in [0.2, 0.25) is 0 Å². The number of hydrogen-bond donors (Lipinski definition) is 2. The molecule has 0 aromatic carbocycles. The number of carbonyl (C=O) groups excluding carboxylic acids is 1. The van der Waals surface area contributed by atoms with E-state index in [9.17, 15) is 9.00 Å². The van der Waals surface area contributed by atoms with Crippen LogP contribution in [0.1, 0.15) is 23.2 Å². The standard InChI is InChI=1S/C12H14N4O3S/c17-12(14-20(18)19)10-8-13-16-6-3-9(7-11(10)16)15-4-1-2-5-15/h3,6-8H,1-2,4-5H2,(H,14,17)(H,18,19). The first-order valence-corrected chi connectivity index (χ1v) is 7.40. The summed E-state index contributed by atoms with van der Waals surface area (Å²) < 4.78 is 22.9. The van der Waals surface area contributed by atoms with E-state index >= 15 is 0 Å². The van der Waals surface area contributed by atoms with Gasteiger partial charge in [0.2, 0.25) is 0 Å². The minimum Gasteiger partial charge on any atom is -0.371 e. The lowest BCUT2D eigenvalue weighted by atomic mass is 10.2. The van der Waals surface area contributed by atoms with Crippen molar-refractivity contribution >= 4 is 28.4 Å². The Bertz CT molecular complexity index is 678. The van der Waals surface area contributed by atoms with Crippen LogP contribution in [0.25, 0.3) is 5.52 Å². The molecule has 106 valence electrons. The highest BCUT2D eigenvalue weighted by molar-refractivity contribution is 7.77. The summed E-state index contributed by atoms with van der Waals surface area (Å²) in [5.41, 5.74) is 1.94. The molecule has 1 saturated heterocycles. The monoisotopic (exact) mass is 294 g/mol. The van der Waals surface area contributed by atoms with Crippen LogP contribution in [-0.2, 0) is 11.3 Å². The third kappa shape index (κ3) is 2.39. The van der Waals surface area contributed by atoms with Crippen LogP contribution in [0.5, 0.6) is 0 Å². The Morgan fingerprint density at radius 3 is 2.85 bits per heavy atom. The minimum absolute atomic E-state index is 0.286. The summed E-state index contributed by atoms with van der Waals surface area (Å²) in [4.78, 5) is 14.1. The molecule has 0 bridgehead atoms. The fourth-order valence-corrected chi connectivity index (χ4v) is 2.72. The number of carbonyl (C=O) groups is 1. The molecule has 8 heteroatoms. The third-order valence-electron chi connectivity index (χ3n) is 3.40. The highest BCUT2D eigenvalue weighted by Gasteiger charge is 2.17. The predicted molar refractivity (Wildman–Crippen MR) is 74.9 cm³/mol. The zero-order valence-electron chi connectivity index (χ0n) is 10.7. The SMILES string of the molecule is O=C(NS(=O)O)c1cnn2ccc(N3CCCC3)cc12. The molecule has 2 N–H and O–H groups in total. The van der Waals surface area contributed by atoms with Crippen molar-refractivity contribution in [2.24, 2.45) is 0 Å². The first-order valence-electron chi connectivity index (χ1n) is 6.29. The van der Waals surface area contributed by atoms with Gasteiger partial charge in [-0.2, -0.15) is 5.10 Å². The molecule has 1 fully saturated rings. The van der Waals surface area contributed by atoms with Gasteiger partial charge in [0.25, 0.3) is 17.2 Å². The summed E-state index contributed by atoms with van der Waals surface area (Å²) in [5, 5.41) is 4.07. The van der Waals surface area contributed by atoms with Crippen LogP contribution < -0.4 is 9.62 Å². The molecule has 0 radical (unpaired) electrons. The van der Waals surface area contributed by atoms with Crippen molar-refractivity contribution < 1.29 is 13.6 Å². The van der Waals surface area contributed by atoms with E-state index in [2.05, 4.69) is 10.00 Å². The molecule has 2 aromatic rings. The first kappa shape index (κ1) is 13.1. The average Bonchev–Trinajstić information content (AvgIpc) is 3.06. The van der Waals surface area contributed by atoms with E-state index in [-0.39, 0.29) is 5.56 Å². The summed E-state index contributed by atoms with van der Waals surface area (Å²) in [6.07, 6.45) is 5.52. The number of aromatic nitrogens is 2. The normalized spacial score (nSPS) is 16.6. The maximum Gasteiger partial charge on any atom is 0.268 e. The Hall–Kier alpha value is -1.93. The zero-order valence-corrected chi connectivity index (χ0v) is 11.5. The molecule has 1 amide bonds. The summed E-state index contributed by atoms with van der Waals surface area (Å²) in [7, 11) is 0. The largest absolute Gasteiger partial charge is 0.371 e. The highest BCUT2D eigenvalue weighted by atomic mass is 32.2. The van der Waals surface area contributed by atoms with Crippen LogP contribution in [0.3, 0.4) is 0 Å². The molecule has 7 nitrogen and oxygen atoms in total. The van der Waals surface area contributed by atoms with Gasteiger partial charge in [-0.1, -0.05) is 0 Å². The molecule has 0 saturated carbocycles. The quantitative estimate of drug-likeness (QED) is 0.818. The van der Waals surface area contributed by atoms with Crippen molar-refractivity contribution in [3.05, 3.63) is 30.1 Å². The fraction of sp³-hybridized carbons (Fsp3) is 0.333. The van der Waals surface area contributed by atoms with Crippen molar-refractivity contribution in [3.63, 3.8) is 0 Å². The van der Waals surface area contributed by atoms with Crippen molar-refractivity contribution in [2.75, 3.05) is 18.0 Å². The van der Waals surface area contributed by atoms with Crippen LogP contribution in [0.15, 0.2) is 24.5 Å². The second-order valence-electron chi connectivity index (χ2n) is 4.65. The summed E-state index contributed by atoms with van der Waals surface area (Å²) in [6, 6.07) is 3.84. The zero-order chi connectivity index (χ0) is 14.1. The van der Waals surface area contributed by atoms with Gasteiger partial charge in [-0.15, -0.1) is 0 Å². The molecule has 2 aromatic heterocycles. The lowest BCUT2D eigenvalue weighted by molar-refractivity contribution is 0.0982. The van der Waals surface area contributed by atoms with E-state index in [4.69, 9.17) is 4.55 Å². The molecule has 1 aliphatic rings. The topological polar surface area (TPSA) is 86.9 Å². The smallest absolute Gasteiger partial charge is 0.268 e. The number of anilines is 1. The number of nitrogens with one attached hydrogen (secondary N) is 1. The maximum atomic E-state index is 11.8. The number of hydrogen-bond acceptors (Lipinski definition) is 4. The Labute approximate surface area is 118 Å². The molecule has 1 unspecified atom stereocenters. The average molecular weight is 294 g/mol. The third-order valence-corrected chi connectivity index (χ3v) is 3.76. The van der Waals surface area contributed by atoms with E-state index in [0.717, 1.165) is 18.8 Å². The molecule has 3 heterocycles. The molecule has 1 aliphatic heterocycles. The number of fused-ring (bicyclic) bond motifs is 1. The van der Waals surface area contributed by atoms with Crippen molar-refractivity contribution in [1.29, 1.82) is 0 Å². The van der Waals surface area contributed by atoms with Crippen molar-refractivity contribution in [1.82, 2.24) is 14.3 Å². The number of pyridine rings is 1. The molecule has 20 heavy (non-hydrogen) atoms. The van der Waals surface area contributed by atoms with Gasteiger partial charge in [0.1, 0.15) is 0 Å². The van der Waals surface area contributed by atoms with E-state index in [0.29, 0.717) is 5.52 Å². The molecule has 3 rings (SSSR count). The summed E-state index contributed by atoms with van der Waals surface area (Å²) in [6.45, 7) is 2.01. The summed E-state index contributed by atoms with van der Waals surface area (Å²) >= 11 is -2.38. The second-order valence-corrected chi connectivity index (χ2v) is 5.35. The first-order chi connectivity index (χ1) is 9.65. The Morgan fingerprint density at radius 2 is 2.15 bits per heavy atom. The van der Waals surface area contributed by atoms with E-state index in [1.807, 2.05) is 16.9 Å². The van der Waals surface area contributed by atoms with Crippen LogP contribution in [0, 0.1) is 0 Å². The van der Waals surface area contributed by atoms with E-state index in [1.165, 1.54) is 19.0 Å². The minimum atomic E-state index is -2.38. The van der Waals surface area contributed by atoms with Gasteiger partial charge in [-0.3, -0.25) is 9.35 Å². The van der Waals surface area contributed by atoms with Crippen LogP contribution in [-0.4, -0.2) is 37.4 Å². The van der Waals surface area contributed by atoms with Gasteiger partial charge >= 0.3 is 0 Å². The fourth-order valence-electron chi connectivity index (χ4n) is 2.45. The van der Waals surface area contributed by atoms with E-state index < -0.39 is 17.2 Å². The Balaban J connectivity index is 1.98. The molecule has 0 aliphatic carbocycles. The lowest BCUT2D eigenvalue weighted by Crippen LogP contribution is -2.24. The lowest BCUT2D eigenvalue weighted by Gasteiger charge is -2.17. The molecule has 0 spiro atoms. The van der Waals surface area contributed by atoms with Gasteiger partial charge in [0.05, 0.1) is 17.3 Å². The second kappa shape index (κ2) is 5.22. The maximum absolute atomic E-state index is 11.8. The summed E-state index contributed by atoms with van der Waals surface area (Å²) in [5.74, 6) is -0.612. The number of nitrogens with zero attached hydrogens (tertiary/aromatic N) is 3. The van der Waals surface area contributed by atoms with E-state index in [1.54, 1.807) is 10.7 Å². The molecule has 1 atom stereocenters. The van der Waals surface area contributed by atoms with Gasteiger partial charge in [0.15, 0.2) is 0 Å². The van der Waals surface area contributed by atoms with Crippen molar-refractivity contribution in [2.45, 2.75) is 12.8 Å². The van der Waals surface area contributed by atoms with Crippen LogP contribution in [0.4, 0.5) is 5.69 Å². The van der Waals surface area contributed by atoms with Gasteiger partial charge in [-0.05, 0) is 25.0 Å². The highest BCUT2D eigenvalue weighted by Crippen LogP contribution is 2.23. The molecular formula is C12H14N4O3S. The van der Waals surface area contributed by atoms with Gasteiger partial charge < -0.3 is 4.90 Å². The Kier molecular flexibility index (Phi) is 3.41. The van der Waals surface area contributed by atoms with Gasteiger partial charge in [0, 0.05) is 25.0 Å². The Morgan fingerprint density at radius 1 is 1.40 bits per heavy atom. The molecular weight excluding hydrogens is 280 g/mol. The van der Waals surface area contributed by atoms with Crippen LogP contribution >= 0.6 is 0 Å². The van der Waals surface area contributed by atoms with Gasteiger partial charge in [-0.25, -0.2) is 13.4 Å². The van der Waals surface area contributed by atoms with Crippen molar-refractivity contribution in [3.8, 4) is 0 Å². The predicted octanol–water partition coefficient (Wildman–Crippen LogP) is 0.801.